The van der Waals surface area contributed by atoms with E-state index >= 15 is 0 Å². The van der Waals surface area contributed by atoms with Crippen molar-refractivity contribution in [2.75, 3.05) is 0 Å². The number of halogens is 2. The van der Waals surface area contributed by atoms with Gasteiger partial charge in [-0.15, -0.1) is 0 Å². The second-order valence-electron chi connectivity index (χ2n) is 2.73. The average Bonchev–Trinajstić information content (AvgIpc) is 2.18. The van der Waals surface area contributed by atoms with Gasteiger partial charge in [-0.05, 0) is 22.0 Å². The van der Waals surface area contributed by atoms with Crippen molar-refractivity contribution >= 4 is 42.6 Å². The maximum Gasteiger partial charge on any atom is 0.148 e. The highest BCUT2D eigenvalue weighted by Gasteiger charge is 2.07. The zero-order valence-corrected chi connectivity index (χ0v) is 10.1. The van der Waals surface area contributed by atoms with Crippen molar-refractivity contribution in [3.63, 3.8) is 0 Å². The second kappa shape index (κ2) is 3.68. The van der Waals surface area contributed by atoms with Gasteiger partial charge >= 0.3 is 0 Å². The SMILES string of the molecule is N#Cc1ncc(Br)c2c(Br)cccc12. The monoisotopic (exact) mass is 310 g/mol. The Hall–Kier alpha value is -0.920. The summed E-state index contributed by atoms with van der Waals surface area (Å²) >= 11 is 6.85. The minimum absolute atomic E-state index is 0.449. The van der Waals surface area contributed by atoms with Gasteiger partial charge in [-0.1, -0.05) is 28.1 Å². The molecule has 4 heteroatoms. The van der Waals surface area contributed by atoms with Gasteiger partial charge in [-0.2, -0.15) is 5.26 Å². The number of nitriles is 1. The molecule has 2 nitrogen and oxygen atoms in total. The molecule has 0 aliphatic rings. The van der Waals surface area contributed by atoms with E-state index in [0.717, 1.165) is 19.7 Å². The summed E-state index contributed by atoms with van der Waals surface area (Å²) in [5.74, 6) is 0. The van der Waals surface area contributed by atoms with E-state index in [4.69, 9.17) is 5.26 Å². The van der Waals surface area contributed by atoms with E-state index in [2.05, 4.69) is 42.9 Å². The molecule has 0 aliphatic heterocycles. The van der Waals surface area contributed by atoms with Crippen LogP contribution < -0.4 is 0 Å². The van der Waals surface area contributed by atoms with Crippen LogP contribution in [0.5, 0.6) is 0 Å². The summed E-state index contributed by atoms with van der Waals surface area (Å²) in [5.41, 5.74) is 0.449. The zero-order chi connectivity index (χ0) is 10.1. The molecule has 0 spiro atoms. The lowest BCUT2D eigenvalue weighted by molar-refractivity contribution is 1.28. The number of nitrogens with zero attached hydrogens (tertiary/aromatic N) is 2. The van der Waals surface area contributed by atoms with Gasteiger partial charge in [0, 0.05) is 25.9 Å². The average molecular weight is 312 g/mol. The third kappa shape index (κ3) is 1.43. The number of hydrogen-bond acceptors (Lipinski definition) is 2. The van der Waals surface area contributed by atoms with Crippen LogP contribution >= 0.6 is 31.9 Å². The minimum atomic E-state index is 0.449. The van der Waals surface area contributed by atoms with Crippen LogP contribution in [0.1, 0.15) is 5.69 Å². The third-order valence-electron chi connectivity index (χ3n) is 1.92. The van der Waals surface area contributed by atoms with Crippen molar-refractivity contribution < 1.29 is 0 Å². The number of aromatic nitrogens is 1. The number of fused-ring (bicyclic) bond motifs is 1. The number of benzene rings is 1. The summed E-state index contributed by atoms with van der Waals surface area (Å²) in [4.78, 5) is 4.04. The molecule has 1 heterocycles. The predicted octanol–water partition coefficient (Wildman–Crippen LogP) is 3.63. The molecular formula is C10H4Br2N2. The molecule has 68 valence electrons. The third-order valence-corrected chi connectivity index (χ3v) is 3.18. The van der Waals surface area contributed by atoms with Crippen LogP contribution in [-0.4, -0.2) is 4.98 Å². The highest BCUT2D eigenvalue weighted by atomic mass is 79.9. The molecule has 0 unspecified atom stereocenters. The molecule has 1 aromatic heterocycles. The van der Waals surface area contributed by atoms with E-state index in [0.29, 0.717) is 5.69 Å². The van der Waals surface area contributed by atoms with Gasteiger partial charge < -0.3 is 0 Å². The lowest BCUT2D eigenvalue weighted by atomic mass is 10.1. The van der Waals surface area contributed by atoms with Crippen LogP contribution in [0.2, 0.25) is 0 Å². The van der Waals surface area contributed by atoms with Crippen LogP contribution in [-0.2, 0) is 0 Å². The standard InChI is InChI=1S/C10H4Br2N2/c11-7-3-1-2-6-9(4-13)14-5-8(12)10(6)7/h1-3,5H. The van der Waals surface area contributed by atoms with Crippen LogP contribution in [0.4, 0.5) is 0 Å². The molecule has 0 N–H and O–H groups in total. The predicted molar refractivity (Wildman–Crippen MR) is 61.9 cm³/mol. The summed E-state index contributed by atoms with van der Waals surface area (Å²) in [5, 5.41) is 10.7. The number of hydrogen-bond donors (Lipinski definition) is 0. The first-order chi connectivity index (χ1) is 6.74. The van der Waals surface area contributed by atoms with Crippen molar-refractivity contribution in [3.8, 4) is 6.07 Å². The lowest BCUT2D eigenvalue weighted by Gasteiger charge is -2.03. The first-order valence-corrected chi connectivity index (χ1v) is 5.45. The molecule has 0 bridgehead atoms. The Morgan fingerprint density at radius 2 is 2.00 bits per heavy atom. The van der Waals surface area contributed by atoms with Crippen molar-refractivity contribution in [2.45, 2.75) is 0 Å². The van der Waals surface area contributed by atoms with Crippen molar-refractivity contribution in [1.82, 2.24) is 4.98 Å². The Kier molecular flexibility index (Phi) is 2.53. The van der Waals surface area contributed by atoms with Crippen LogP contribution in [0.3, 0.4) is 0 Å². The Morgan fingerprint density at radius 1 is 1.21 bits per heavy atom. The molecule has 14 heavy (non-hydrogen) atoms. The van der Waals surface area contributed by atoms with Gasteiger partial charge in [-0.25, -0.2) is 4.98 Å². The molecular weight excluding hydrogens is 308 g/mol. The van der Waals surface area contributed by atoms with E-state index in [-0.39, 0.29) is 0 Å². The smallest absolute Gasteiger partial charge is 0.148 e. The van der Waals surface area contributed by atoms with Gasteiger partial charge in [0.1, 0.15) is 11.8 Å². The second-order valence-corrected chi connectivity index (χ2v) is 4.44. The van der Waals surface area contributed by atoms with E-state index in [9.17, 15) is 0 Å². The molecule has 0 saturated heterocycles. The molecule has 0 amide bonds. The van der Waals surface area contributed by atoms with Crippen molar-refractivity contribution in [2.24, 2.45) is 0 Å². The van der Waals surface area contributed by atoms with Crippen LogP contribution in [0.15, 0.2) is 33.3 Å². The molecule has 0 saturated carbocycles. The summed E-state index contributed by atoms with van der Waals surface area (Å²) < 4.78 is 1.85. The fourth-order valence-electron chi connectivity index (χ4n) is 1.31. The van der Waals surface area contributed by atoms with Crippen LogP contribution in [0.25, 0.3) is 10.8 Å². The fourth-order valence-corrected chi connectivity index (χ4v) is 2.68. The van der Waals surface area contributed by atoms with E-state index < -0.39 is 0 Å². The summed E-state index contributed by atoms with van der Waals surface area (Å²) in [7, 11) is 0. The number of pyridine rings is 1. The van der Waals surface area contributed by atoms with Gasteiger partial charge in [0.25, 0.3) is 0 Å². The molecule has 0 fully saturated rings. The van der Waals surface area contributed by atoms with Crippen molar-refractivity contribution in [3.05, 3.63) is 39.0 Å². The van der Waals surface area contributed by atoms with Crippen LogP contribution in [0, 0.1) is 11.3 Å². The molecule has 0 aliphatic carbocycles. The first kappa shape index (κ1) is 9.63. The zero-order valence-electron chi connectivity index (χ0n) is 6.96. The minimum Gasteiger partial charge on any atom is -0.244 e. The van der Waals surface area contributed by atoms with Gasteiger partial charge in [0.2, 0.25) is 0 Å². The van der Waals surface area contributed by atoms with Gasteiger partial charge in [-0.3, -0.25) is 0 Å². The molecule has 1 aromatic carbocycles. The summed E-state index contributed by atoms with van der Waals surface area (Å²) in [6.45, 7) is 0. The Bertz CT molecular complexity index is 535. The van der Waals surface area contributed by atoms with Gasteiger partial charge in [0.15, 0.2) is 0 Å². The highest BCUT2D eigenvalue weighted by molar-refractivity contribution is 9.11. The molecule has 0 atom stereocenters. The maximum absolute atomic E-state index is 8.87. The van der Waals surface area contributed by atoms with E-state index in [1.807, 2.05) is 18.2 Å². The van der Waals surface area contributed by atoms with Gasteiger partial charge in [0.05, 0.1) is 0 Å². The number of rotatable bonds is 0. The summed E-state index contributed by atoms with van der Waals surface area (Å²) in [6, 6.07) is 7.79. The maximum atomic E-state index is 8.87. The van der Waals surface area contributed by atoms with Crippen molar-refractivity contribution in [1.29, 1.82) is 5.26 Å². The topological polar surface area (TPSA) is 36.7 Å². The molecule has 2 rings (SSSR count). The van der Waals surface area contributed by atoms with E-state index in [1.165, 1.54) is 0 Å². The van der Waals surface area contributed by atoms with E-state index in [1.54, 1.807) is 6.20 Å². The Morgan fingerprint density at radius 3 is 2.71 bits per heavy atom. The largest absolute Gasteiger partial charge is 0.244 e. The lowest BCUT2D eigenvalue weighted by Crippen LogP contribution is -1.86. The highest BCUT2D eigenvalue weighted by Crippen LogP contribution is 2.31. The Labute approximate surface area is 97.8 Å². The summed E-state index contributed by atoms with van der Waals surface area (Å²) in [6.07, 6.45) is 1.64. The molecule has 0 radical (unpaired) electrons. The fraction of sp³-hybridized carbons (Fsp3) is 0. The normalized spacial score (nSPS) is 10.1. The molecule has 2 aromatic rings. The first-order valence-electron chi connectivity index (χ1n) is 3.87. The Balaban J connectivity index is 3.00. The quantitative estimate of drug-likeness (QED) is 0.745.